The van der Waals surface area contributed by atoms with Crippen LogP contribution in [0.15, 0.2) is 12.7 Å². The van der Waals surface area contributed by atoms with Crippen molar-refractivity contribution in [3.8, 4) is 0 Å². The highest BCUT2D eigenvalue weighted by Gasteiger charge is 2.70. The average molecular weight is 632 g/mol. The van der Waals surface area contributed by atoms with Gasteiger partial charge in [0.15, 0.2) is 0 Å². The highest BCUT2D eigenvalue weighted by Crippen LogP contribution is 2.65. The smallest absolute Gasteiger partial charge is 0.328 e. The summed E-state index contributed by atoms with van der Waals surface area (Å²) in [6.45, 7) is 19.3. The summed E-state index contributed by atoms with van der Waals surface area (Å²) < 4.78 is 5.41. The van der Waals surface area contributed by atoms with Crippen LogP contribution in [0.3, 0.4) is 0 Å². The van der Waals surface area contributed by atoms with Crippen molar-refractivity contribution < 1.29 is 33.5 Å². The molecule has 0 aromatic rings. The zero-order valence-electron chi connectivity index (χ0n) is 28.2. The van der Waals surface area contributed by atoms with Gasteiger partial charge in [0.05, 0.1) is 12.6 Å². The number of nitrogens with zero attached hydrogens (tertiary/aromatic N) is 1. The number of ketones is 1. The van der Waals surface area contributed by atoms with Gasteiger partial charge in [0.25, 0.3) is 5.91 Å². The Bertz CT molecular complexity index is 1170. The maximum Gasteiger partial charge on any atom is 0.328 e. The molecular formula is C33H53N5O7. The zero-order chi connectivity index (χ0) is 33.9. The number of carbonyl (C=O) groups excluding carboxylic acids is 6. The van der Waals surface area contributed by atoms with E-state index in [-0.39, 0.29) is 36.1 Å². The van der Waals surface area contributed by atoms with Crippen molar-refractivity contribution in [2.75, 3.05) is 19.7 Å². The number of carbonyl (C=O) groups is 6. The van der Waals surface area contributed by atoms with Crippen LogP contribution in [0.1, 0.15) is 81.1 Å². The van der Waals surface area contributed by atoms with Crippen LogP contribution in [0.25, 0.3) is 0 Å². The molecule has 45 heavy (non-hydrogen) atoms. The number of hydrogen-bond acceptors (Lipinski definition) is 7. The molecule has 1 unspecified atom stereocenters. The van der Waals surface area contributed by atoms with Gasteiger partial charge in [0.2, 0.25) is 17.6 Å². The number of fused-ring (bicyclic) bond motifs is 1. The largest absolute Gasteiger partial charge is 0.464 e. The third-order valence-electron chi connectivity index (χ3n) is 9.36. The Labute approximate surface area is 267 Å². The third kappa shape index (κ3) is 8.64. The standard InChI is InChI=1S/C33H53N5O7/c1-10-12-21(25(39)28(41)34-15-11-2)35-27(40)24-22-20(33(22,8)9)16-38(24)29(42)26(32(5,6)7)37-31(44)36-23(18(3)4)30(43)45-17-19-13-14-19/h11,18-24,26H,2,10,12-17H2,1,3-9H3,(H,34,41)(H,35,40)(H2,36,37,44)/t20-,21?,22-,23-,24-,26+/m0/s1. The Hall–Kier alpha value is -3.44. The second kappa shape index (κ2) is 14.3. The lowest BCUT2D eigenvalue weighted by Crippen LogP contribution is -2.62. The first-order valence-electron chi connectivity index (χ1n) is 16.2. The molecule has 3 fully saturated rings. The van der Waals surface area contributed by atoms with Crippen LogP contribution in [0.2, 0.25) is 0 Å². The summed E-state index contributed by atoms with van der Waals surface area (Å²) in [7, 11) is 0. The Kier molecular flexibility index (Phi) is 11.5. The van der Waals surface area contributed by atoms with Crippen LogP contribution in [-0.2, 0) is 28.7 Å². The van der Waals surface area contributed by atoms with Crippen molar-refractivity contribution in [1.29, 1.82) is 0 Å². The number of esters is 1. The van der Waals surface area contributed by atoms with Gasteiger partial charge in [-0.25, -0.2) is 9.59 Å². The Balaban J connectivity index is 1.78. The molecule has 1 aliphatic heterocycles. The van der Waals surface area contributed by atoms with E-state index in [2.05, 4.69) is 27.8 Å². The van der Waals surface area contributed by atoms with Gasteiger partial charge in [-0.1, -0.05) is 67.9 Å². The molecule has 1 saturated heterocycles. The number of urea groups is 1. The van der Waals surface area contributed by atoms with E-state index in [1.54, 1.807) is 13.8 Å². The summed E-state index contributed by atoms with van der Waals surface area (Å²) in [4.78, 5) is 80.9. The molecule has 2 saturated carbocycles. The monoisotopic (exact) mass is 631 g/mol. The molecule has 3 aliphatic rings. The van der Waals surface area contributed by atoms with Gasteiger partial charge < -0.3 is 30.9 Å². The molecule has 12 heteroatoms. The number of likely N-dealkylation sites (tertiary alicyclic amines) is 1. The minimum Gasteiger partial charge on any atom is -0.464 e. The number of Topliss-reactive ketones (excluding diaryl/α,β-unsaturated/α-hetero) is 1. The molecule has 0 radical (unpaired) electrons. The summed E-state index contributed by atoms with van der Waals surface area (Å²) in [6.07, 6.45) is 4.32. The predicted octanol–water partition coefficient (Wildman–Crippen LogP) is 2.32. The molecule has 3 rings (SSSR count). The lowest BCUT2D eigenvalue weighted by molar-refractivity contribution is -0.147. The van der Waals surface area contributed by atoms with Crippen molar-refractivity contribution in [1.82, 2.24) is 26.2 Å². The average Bonchev–Trinajstić information content (AvgIpc) is 3.82. The second-order valence-electron chi connectivity index (χ2n) is 14.8. The van der Waals surface area contributed by atoms with Crippen molar-refractivity contribution in [2.24, 2.45) is 34.5 Å². The van der Waals surface area contributed by atoms with E-state index in [0.717, 1.165) is 12.8 Å². The highest BCUT2D eigenvalue weighted by molar-refractivity contribution is 6.38. The molecule has 4 N–H and O–H groups in total. The maximum atomic E-state index is 14.2. The second-order valence-corrected chi connectivity index (χ2v) is 14.8. The first-order chi connectivity index (χ1) is 20.9. The van der Waals surface area contributed by atoms with Crippen molar-refractivity contribution in [3.63, 3.8) is 0 Å². The Morgan fingerprint density at radius 3 is 2.22 bits per heavy atom. The van der Waals surface area contributed by atoms with E-state index in [1.165, 1.54) is 11.0 Å². The molecule has 5 amide bonds. The van der Waals surface area contributed by atoms with Crippen LogP contribution in [0, 0.1) is 34.5 Å². The predicted molar refractivity (Wildman–Crippen MR) is 169 cm³/mol. The SMILES string of the molecule is C=CCNC(=O)C(=O)C(CCC)NC(=O)[C@@H]1[C@@H]2[C@H](CN1C(=O)[C@@H](NC(=O)N[C@H](C(=O)OCC1CC1)C(C)C)C(C)(C)C)C2(C)C. The summed E-state index contributed by atoms with van der Waals surface area (Å²) in [6, 6.07) is -4.52. The van der Waals surface area contributed by atoms with Crippen molar-refractivity contribution >= 4 is 35.5 Å². The Morgan fingerprint density at radius 2 is 1.69 bits per heavy atom. The lowest BCUT2D eigenvalue weighted by Gasteiger charge is -2.38. The van der Waals surface area contributed by atoms with E-state index in [4.69, 9.17) is 4.74 Å². The van der Waals surface area contributed by atoms with Crippen LogP contribution in [0.5, 0.6) is 0 Å². The molecule has 6 atom stereocenters. The van der Waals surface area contributed by atoms with Gasteiger partial charge in [-0.2, -0.15) is 0 Å². The van der Waals surface area contributed by atoms with Gasteiger partial charge in [-0.3, -0.25) is 19.2 Å². The number of hydrogen-bond donors (Lipinski definition) is 4. The normalized spacial score (nSPS) is 23.6. The molecular weight excluding hydrogens is 578 g/mol. The number of nitrogens with one attached hydrogen (secondary N) is 4. The minimum absolute atomic E-state index is 0.0643. The fourth-order valence-corrected chi connectivity index (χ4v) is 6.24. The Morgan fingerprint density at radius 1 is 1.04 bits per heavy atom. The molecule has 0 bridgehead atoms. The van der Waals surface area contributed by atoms with Crippen LogP contribution in [0.4, 0.5) is 4.79 Å². The summed E-state index contributed by atoms with van der Waals surface area (Å²) >= 11 is 0. The topological polar surface area (TPSA) is 163 Å². The zero-order valence-corrected chi connectivity index (χ0v) is 28.2. The van der Waals surface area contributed by atoms with Crippen LogP contribution >= 0.6 is 0 Å². The molecule has 2 aliphatic carbocycles. The number of ether oxygens (including phenoxy) is 1. The molecule has 1 heterocycles. The van der Waals surface area contributed by atoms with Crippen molar-refractivity contribution in [2.45, 2.75) is 105 Å². The van der Waals surface area contributed by atoms with Gasteiger partial charge in [-0.05, 0) is 53.8 Å². The van der Waals surface area contributed by atoms with Crippen LogP contribution in [-0.4, -0.2) is 84.3 Å². The van der Waals surface area contributed by atoms with Gasteiger partial charge in [-0.15, -0.1) is 6.58 Å². The highest BCUT2D eigenvalue weighted by atomic mass is 16.5. The summed E-state index contributed by atoms with van der Waals surface area (Å²) in [5, 5.41) is 10.7. The first kappa shape index (κ1) is 36.0. The van der Waals surface area contributed by atoms with Gasteiger partial charge in [0.1, 0.15) is 18.1 Å². The van der Waals surface area contributed by atoms with Gasteiger partial charge in [0, 0.05) is 13.1 Å². The molecule has 12 nitrogen and oxygen atoms in total. The minimum atomic E-state index is -1.04. The van der Waals surface area contributed by atoms with E-state index in [1.807, 2.05) is 41.5 Å². The molecule has 0 aromatic heterocycles. The number of piperidine rings is 1. The van der Waals surface area contributed by atoms with E-state index < -0.39 is 65.1 Å². The summed E-state index contributed by atoms with van der Waals surface area (Å²) in [5.74, 6) is -2.95. The molecule has 252 valence electrons. The number of amides is 5. The molecule has 0 aromatic carbocycles. The fraction of sp³-hybridized carbons (Fsp3) is 0.758. The van der Waals surface area contributed by atoms with Crippen LogP contribution < -0.4 is 21.3 Å². The van der Waals surface area contributed by atoms with Crippen molar-refractivity contribution in [3.05, 3.63) is 12.7 Å². The quantitative estimate of drug-likeness (QED) is 0.122. The number of rotatable bonds is 15. The van der Waals surface area contributed by atoms with E-state index in [9.17, 15) is 28.8 Å². The first-order valence-corrected chi connectivity index (χ1v) is 16.2. The van der Waals surface area contributed by atoms with E-state index >= 15 is 0 Å². The third-order valence-corrected chi connectivity index (χ3v) is 9.36. The molecule has 0 spiro atoms. The van der Waals surface area contributed by atoms with Gasteiger partial charge >= 0.3 is 12.0 Å². The van der Waals surface area contributed by atoms with E-state index in [0.29, 0.717) is 25.5 Å². The maximum absolute atomic E-state index is 14.2. The lowest BCUT2D eigenvalue weighted by atomic mass is 9.85. The summed E-state index contributed by atoms with van der Waals surface area (Å²) in [5.41, 5.74) is -0.945. The fourth-order valence-electron chi connectivity index (χ4n) is 6.24.